The van der Waals surface area contributed by atoms with Gasteiger partial charge < -0.3 is 9.52 Å². The van der Waals surface area contributed by atoms with Crippen molar-refractivity contribution in [3.63, 3.8) is 0 Å². The lowest BCUT2D eigenvalue weighted by Crippen LogP contribution is -1.92. The minimum Gasteiger partial charge on any atom is -0.449 e. The number of aromatic nitrogens is 1. The van der Waals surface area contributed by atoms with Crippen molar-refractivity contribution in [3.8, 4) is 0 Å². The second-order valence-corrected chi connectivity index (χ2v) is 2.79. The first-order valence-corrected chi connectivity index (χ1v) is 3.79. The maximum absolute atomic E-state index is 8.57. The van der Waals surface area contributed by atoms with Crippen LogP contribution in [0.15, 0.2) is 10.7 Å². The van der Waals surface area contributed by atoms with E-state index in [1.54, 1.807) is 6.26 Å². The molecule has 1 rings (SSSR count). The van der Waals surface area contributed by atoms with Gasteiger partial charge in [-0.1, -0.05) is 13.8 Å². The van der Waals surface area contributed by atoms with Crippen molar-refractivity contribution >= 4 is 0 Å². The van der Waals surface area contributed by atoms with Crippen molar-refractivity contribution in [2.45, 2.75) is 26.2 Å². The Morgan fingerprint density at radius 1 is 1.64 bits per heavy atom. The lowest BCUT2D eigenvalue weighted by molar-refractivity contribution is 0.285. The van der Waals surface area contributed by atoms with Crippen LogP contribution >= 0.6 is 0 Å². The fourth-order valence-corrected chi connectivity index (χ4v) is 0.801. The molecule has 0 saturated carbocycles. The van der Waals surface area contributed by atoms with E-state index in [0.717, 1.165) is 5.69 Å². The van der Waals surface area contributed by atoms with E-state index in [9.17, 15) is 0 Å². The van der Waals surface area contributed by atoms with Crippen LogP contribution in [0.5, 0.6) is 0 Å². The molecule has 3 nitrogen and oxygen atoms in total. The third-order valence-electron chi connectivity index (χ3n) is 1.49. The van der Waals surface area contributed by atoms with Crippen LogP contribution in [0.25, 0.3) is 0 Å². The van der Waals surface area contributed by atoms with Gasteiger partial charge in [0.2, 0.25) is 0 Å². The summed E-state index contributed by atoms with van der Waals surface area (Å²) in [6.07, 6.45) is 2.16. The molecule has 1 aromatic heterocycles. The lowest BCUT2D eigenvalue weighted by atomic mass is 10.2. The standard InChI is InChI=1S/C8H13NO2/c1-6(2)7-5-11-8(9-7)3-4-10/h5-6,10H,3-4H2,1-2H3. The molecular weight excluding hydrogens is 142 g/mol. The summed E-state index contributed by atoms with van der Waals surface area (Å²) in [6, 6.07) is 0. The predicted octanol–water partition coefficient (Wildman–Crippen LogP) is 1.33. The molecule has 0 unspecified atom stereocenters. The monoisotopic (exact) mass is 155 g/mol. The van der Waals surface area contributed by atoms with Crippen LogP contribution in [0.3, 0.4) is 0 Å². The molecular formula is C8H13NO2. The Morgan fingerprint density at radius 3 is 2.82 bits per heavy atom. The topological polar surface area (TPSA) is 46.3 Å². The molecule has 0 fully saturated rings. The first-order valence-electron chi connectivity index (χ1n) is 3.79. The first-order chi connectivity index (χ1) is 5.24. The summed E-state index contributed by atoms with van der Waals surface area (Å²) in [5.74, 6) is 1.02. The van der Waals surface area contributed by atoms with Gasteiger partial charge in [0, 0.05) is 6.42 Å². The van der Waals surface area contributed by atoms with Gasteiger partial charge in [-0.05, 0) is 5.92 Å². The zero-order valence-electron chi connectivity index (χ0n) is 6.87. The fourth-order valence-electron chi connectivity index (χ4n) is 0.801. The van der Waals surface area contributed by atoms with E-state index >= 15 is 0 Å². The molecule has 1 N–H and O–H groups in total. The van der Waals surface area contributed by atoms with Crippen molar-refractivity contribution in [2.24, 2.45) is 0 Å². The summed E-state index contributed by atoms with van der Waals surface area (Å²) < 4.78 is 5.10. The number of hydrogen-bond acceptors (Lipinski definition) is 3. The molecule has 0 saturated heterocycles. The molecule has 1 aromatic rings. The number of aliphatic hydroxyl groups excluding tert-OH is 1. The molecule has 0 spiro atoms. The summed E-state index contributed by atoms with van der Waals surface area (Å²) in [5.41, 5.74) is 0.952. The number of nitrogens with zero attached hydrogens (tertiary/aromatic N) is 1. The van der Waals surface area contributed by atoms with E-state index in [0.29, 0.717) is 18.2 Å². The molecule has 0 aromatic carbocycles. The Kier molecular flexibility index (Phi) is 2.65. The van der Waals surface area contributed by atoms with Crippen molar-refractivity contribution in [3.05, 3.63) is 17.8 Å². The highest BCUT2D eigenvalue weighted by Gasteiger charge is 2.05. The maximum Gasteiger partial charge on any atom is 0.196 e. The summed E-state index contributed by atoms with van der Waals surface area (Å²) in [7, 11) is 0. The SMILES string of the molecule is CC(C)c1coc(CCO)n1. The Hall–Kier alpha value is -0.830. The highest BCUT2D eigenvalue weighted by Crippen LogP contribution is 2.12. The van der Waals surface area contributed by atoms with E-state index in [2.05, 4.69) is 18.8 Å². The molecule has 1 heterocycles. The molecule has 0 radical (unpaired) electrons. The van der Waals surface area contributed by atoms with Gasteiger partial charge in [0.15, 0.2) is 5.89 Å². The average Bonchev–Trinajstić information content (AvgIpc) is 2.37. The van der Waals surface area contributed by atoms with Gasteiger partial charge in [0.05, 0.1) is 12.3 Å². The summed E-state index contributed by atoms with van der Waals surface area (Å²) in [5, 5.41) is 8.57. The van der Waals surface area contributed by atoms with Gasteiger partial charge in [0.1, 0.15) is 6.26 Å². The number of hydrogen-bond donors (Lipinski definition) is 1. The molecule has 11 heavy (non-hydrogen) atoms. The largest absolute Gasteiger partial charge is 0.449 e. The normalized spacial score (nSPS) is 10.9. The molecule has 0 amide bonds. The first kappa shape index (κ1) is 8.27. The van der Waals surface area contributed by atoms with Crippen molar-refractivity contribution in [2.75, 3.05) is 6.61 Å². The molecule has 62 valence electrons. The lowest BCUT2D eigenvalue weighted by Gasteiger charge is -1.94. The Morgan fingerprint density at radius 2 is 2.36 bits per heavy atom. The number of rotatable bonds is 3. The van der Waals surface area contributed by atoms with Gasteiger partial charge >= 0.3 is 0 Å². The highest BCUT2D eigenvalue weighted by molar-refractivity contribution is 5.01. The maximum atomic E-state index is 8.57. The third-order valence-corrected chi connectivity index (χ3v) is 1.49. The van der Waals surface area contributed by atoms with Crippen LogP contribution in [-0.2, 0) is 6.42 Å². The van der Waals surface area contributed by atoms with E-state index in [4.69, 9.17) is 9.52 Å². The van der Waals surface area contributed by atoms with Crippen LogP contribution in [0, 0.1) is 0 Å². The quantitative estimate of drug-likeness (QED) is 0.716. The van der Waals surface area contributed by atoms with E-state index < -0.39 is 0 Å². The van der Waals surface area contributed by atoms with Crippen LogP contribution < -0.4 is 0 Å². The molecule has 0 bridgehead atoms. The Bertz CT molecular complexity index is 218. The van der Waals surface area contributed by atoms with Crippen molar-refractivity contribution in [1.29, 1.82) is 0 Å². The summed E-state index contributed by atoms with van der Waals surface area (Å²) >= 11 is 0. The smallest absolute Gasteiger partial charge is 0.196 e. The minimum absolute atomic E-state index is 0.0953. The highest BCUT2D eigenvalue weighted by atomic mass is 16.3. The Labute approximate surface area is 66.1 Å². The van der Waals surface area contributed by atoms with Gasteiger partial charge in [-0.25, -0.2) is 4.98 Å². The van der Waals surface area contributed by atoms with Gasteiger partial charge in [-0.15, -0.1) is 0 Å². The van der Waals surface area contributed by atoms with Crippen LogP contribution in [0.1, 0.15) is 31.4 Å². The average molecular weight is 155 g/mol. The molecule has 0 aliphatic rings. The van der Waals surface area contributed by atoms with E-state index in [-0.39, 0.29) is 6.61 Å². The Balaban J connectivity index is 2.66. The van der Waals surface area contributed by atoms with Crippen molar-refractivity contribution in [1.82, 2.24) is 4.98 Å². The summed E-state index contributed by atoms with van der Waals surface area (Å²) in [4.78, 5) is 4.17. The molecule has 0 atom stereocenters. The molecule has 3 heteroatoms. The molecule has 0 aliphatic heterocycles. The number of aliphatic hydroxyl groups is 1. The zero-order valence-corrected chi connectivity index (χ0v) is 6.87. The van der Waals surface area contributed by atoms with Gasteiger partial charge in [-0.3, -0.25) is 0 Å². The number of oxazole rings is 1. The van der Waals surface area contributed by atoms with Crippen LogP contribution in [0.4, 0.5) is 0 Å². The zero-order chi connectivity index (χ0) is 8.27. The third kappa shape index (κ3) is 2.05. The van der Waals surface area contributed by atoms with E-state index in [1.807, 2.05) is 0 Å². The van der Waals surface area contributed by atoms with Crippen molar-refractivity contribution < 1.29 is 9.52 Å². The minimum atomic E-state index is 0.0953. The fraction of sp³-hybridized carbons (Fsp3) is 0.625. The van der Waals surface area contributed by atoms with E-state index in [1.165, 1.54) is 0 Å². The van der Waals surface area contributed by atoms with Crippen LogP contribution in [-0.4, -0.2) is 16.7 Å². The van der Waals surface area contributed by atoms with Gasteiger partial charge in [-0.2, -0.15) is 0 Å². The predicted molar refractivity (Wildman–Crippen MR) is 41.4 cm³/mol. The molecule has 0 aliphatic carbocycles. The second-order valence-electron chi connectivity index (χ2n) is 2.79. The summed E-state index contributed by atoms with van der Waals surface area (Å²) in [6.45, 7) is 4.21. The second kappa shape index (κ2) is 3.53. The van der Waals surface area contributed by atoms with Crippen LogP contribution in [0.2, 0.25) is 0 Å². The van der Waals surface area contributed by atoms with Gasteiger partial charge in [0.25, 0.3) is 0 Å².